The van der Waals surface area contributed by atoms with E-state index in [1.165, 1.54) is 12.8 Å². The molecular formula is C17H25NO. The number of hydrogen-bond donors (Lipinski definition) is 0. The summed E-state index contributed by atoms with van der Waals surface area (Å²) in [6.45, 7) is 8.97. The molecule has 0 unspecified atom stereocenters. The van der Waals surface area contributed by atoms with Gasteiger partial charge in [0, 0.05) is 12.1 Å². The summed E-state index contributed by atoms with van der Waals surface area (Å²) >= 11 is 0. The fourth-order valence-corrected chi connectivity index (χ4v) is 2.54. The lowest BCUT2D eigenvalue weighted by molar-refractivity contribution is 0.0926. The molecule has 2 nitrogen and oxygen atoms in total. The zero-order valence-corrected chi connectivity index (χ0v) is 12.4. The largest absolute Gasteiger partial charge is 0.296 e. The van der Waals surface area contributed by atoms with Gasteiger partial charge in [0.2, 0.25) is 0 Å². The molecule has 1 aliphatic rings. The first-order valence-corrected chi connectivity index (χ1v) is 7.43. The predicted octanol–water partition coefficient (Wildman–Crippen LogP) is 3.61. The average Bonchev–Trinajstić information content (AvgIpc) is 3.16. The van der Waals surface area contributed by atoms with Crippen LogP contribution in [0.2, 0.25) is 0 Å². The SMILES string of the molecule is CCCN(CC(=O)c1cc(C)ccc1C)CC1CC1. The summed E-state index contributed by atoms with van der Waals surface area (Å²) in [6.07, 6.45) is 3.81. The van der Waals surface area contributed by atoms with Crippen LogP contribution in [-0.4, -0.2) is 30.3 Å². The molecule has 2 rings (SSSR count). The zero-order chi connectivity index (χ0) is 13.8. The van der Waals surface area contributed by atoms with Crippen LogP contribution in [0.3, 0.4) is 0 Å². The summed E-state index contributed by atoms with van der Waals surface area (Å²) in [7, 11) is 0. The summed E-state index contributed by atoms with van der Waals surface area (Å²) in [6, 6.07) is 6.15. The van der Waals surface area contributed by atoms with Crippen LogP contribution in [0.15, 0.2) is 18.2 Å². The fourth-order valence-electron chi connectivity index (χ4n) is 2.54. The average molecular weight is 259 g/mol. The molecule has 1 aromatic rings. The number of carbonyl (C=O) groups excluding carboxylic acids is 1. The Labute approximate surface area is 116 Å². The minimum Gasteiger partial charge on any atom is -0.296 e. The van der Waals surface area contributed by atoms with E-state index in [1.54, 1.807) is 0 Å². The van der Waals surface area contributed by atoms with Gasteiger partial charge < -0.3 is 0 Å². The Bertz CT molecular complexity index is 449. The van der Waals surface area contributed by atoms with E-state index in [2.05, 4.69) is 17.9 Å². The number of Topliss-reactive ketones (excluding diaryl/α,β-unsaturated/α-hetero) is 1. The topological polar surface area (TPSA) is 20.3 Å². The van der Waals surface area contributed by atoms with Crippen molar-refractivity contribution >= 4 is 5.78 Å². The van der Waals surface area contributed by atoms with Gasteiger partial charge >= 0.3 is 0 Å². The third-order valence-corrected chi connectivity index (χ3v) is 3.81. The molecule has 1 aliphatic carbocycles. The lowest BCUT2D eigenvalue weighted by Crippen LogP contribution is -2.32. The Morgan fingerprint density at radius 2 is 2.05 bits per heavy atom. The van der Waals surface area contributed by atoms with Crippen molar-refractivity contribution in [2.24, 2.45) is 5.92 Å². The fraction of sp³-hybridized carbons (Fsp3) is 0.588. The maximum atomic E-state index is 12.5. The maximum Gasteiger partial charge on any atom is 0.177 e. The molecular weight excluding hydrogens is 234 g/mol. The molecule has 0 radical (unpaired) electrons. The third-order valence-electron chi connectivity index (χ3n) is 3.81. The van der Waals surface area contributed by atoms with E-state index < -0.39 is 0 Å². The molecule has 0 amide bonds. The highest BCUT2D eigenvalue weighted by Gasteiger charge is 2.25. The molecule has 1 aromatic carbocycles. The first-order valence-electron chi connectivity index (χ1n) is 7.43. The third kappa shape index (κ3) is 4.17. The number of aryl methyl sites for hydroxylation is 2. The van der Waals surface area contributed by atoms with E-state index in [0.29, 0.717) is 6.54 Å². The molecule has 0 atom stereocenters. The van der Waals surface area contributed by atoms with Crippen molar-refractivity contribution in [1.29, 1.82) is 0 Å². The Morgan fingerprint density at radius 3 is 2.68 bits per heavy atom. The van der Waals surface area contributed by atoms with Crippen molar-refractivity contribution in [2.45, 2.75) is 40.0 Å². The van der Waals surface area contributed by atoms with Crippen molar-refractivity contribution in [3.8, 4) is 0 Å². The van der Waals surface area contributed by atoms with E-state index in [1.807, 2.05) is 26.0 Å². The normalized spacial score (nSPS) is 14.9. The number of carbonyl (C=O) groups is 1. The number of nitrogens with zero attached hydrogens (tertiary/aromatic N) is 1. The van der Waals surface area contributed by atoms with Crippen LogP contribution in [0.4, 0.5) is 0 Å². The van der Waals surface area contributed by atoms with Gasteiger partial charge in [-0.2, -0.15) is 0 Å². The highest BCUT2D eigenvalue weighted by atomic mass is 16.1. The zero-order valence-electron chi connectivity index (χ0n) is 12.4. The van der Waals surface area contributed by atoms with E-state index >= 15 is 0 Å². The van der Waals surface area contributed by atoms with E-state index in [0.717, 1.165) is 42.1 Å². The highest BCUT2D eigenvalue weighted by molar-refractivity contribution is 5.99. The van der Waals surface area contributed by atoms with Crippen molar-refractivity contribution < 1.29 is 4.79 Å². The molecule has 0 heterocycles. The molecule has 0 N–H and O–H groups in total. The highest BCUT2D eigenvalue weighted by Crippen LogP contribution is 2.29. The lowest BCUT2D eigenvalue weighted by Gasteiger charge is -2.21. The van der Waals surface area contributed by atoms with Gasteiger partial charge in [-0.05, 0) is 57.2 Å². The quantitative estimate of drug-likeness (QED) is 0.697. The van der Waals surface area contributed by atoms with Gasteiger partial charge in [-0.25, -0.2) is 0 Å². The van der Waals surface area contributed by atoms with Crippen LogP contribution >= 0.6 is 0 Å². The van der Waals surface area contributed by atoms with Crippen molar-refractivity contribution in [1.82, 2.24) is 4.90 Å². The molecule has 0 aliphatic heterocycles. The number of ketones is 1. The second-order valence-corrected chi connectivity index (χ2v) is 5.92. The minimum absolute atomic E-state index is 0.273. The van der Waals surface area contributed by atoms with E-state index in [-0.39, 0.29) is 5.78 Å². The van der Waals surface area contributed by atoms with Crippen molar-refractivity contribution in [2.75, 3.05) is 19.6 Å². The Kier molecular flexibility index (Phi) is 4.76. The molecule has 19 heavy (non-hydrogen) atoms. The van der Waals surface area contributed by atoms with Gasteiger partial charge in [0.05, 0.1) is 6.54 Å². The van der Waals surface area contributed by atoms with Gasteiger partial charge in [-0.1, -0.05) is 24.6 Å². The minimum atomic E-state index is 0.273. The first kappa shape index (κ1) is 14.3. The Hall–Kier alpha value is -1.15. The Morgan fingerprint density at radius 1 is 1.32 bits per heavy atom. The molecule has 0 spiro atoms. The summed E-state index contributed by atoms with van der Waals surface area (Å²) < 4.78 is 0. The molecule has 1 fully saturated rings. The molecule has 1 saturated carbocycles. The van der Waals surface area contributed by atoms with Gasteiger partial charge in [-0.3, -0.25) is 9.69 Å². The summed E-state index contributed by atoms with van der Waals surface area (Å²) in [5.74, 6) is 1.12. The van der Waals surface area contributed by atoms with E-state index in [9.17, 15) is 4.79 Å². The summed E-state index contributed by atoms with van der Waals surface area (Å²) in [4.78, 5) is 14.8. The maximum absolute atomic E-state index is 12.5. The van der Waals surface area contributed by atoms with Crippen LogP contribution < -0.4 is 0 Å². The molecule has 104 valence electrons. The van der Waals surface area contributed by atoms with Gasteiger partial charge in [0.15, 0.2) is 5.78 Å². The van der Waals surface area contributed by atoms with Gasteiger partial charge in [-0.15, -0.1) is 0 Å². The van der Waals surface area contributed by atoms with Crippen LogP contribution in [-0.2, 0) is 0 Å². The lowest BCUT2D eigenvalue weighted by atomic mass is 10.0. The monoisotopic (exact) mass is 259 g/mol. The van der Waals surface area contributed by atoms with Crippen LogP contribution in [0, 0.1) is 19.8 Å². The van der Waals surface area contributed by atoms with Crippen LogP contribution in [0.5, 0.6) is 0 Å². The van der Waals surface area contributed by atoms with Crippen molar-refractivity contribution in [3.63, 3.8) is 0 Å². The molecule has 0 aromatic heterocycles. The van der Waals surface area contributed by atoms with Crippen molar-refractivity contribution in [3.05, 3.63) is 34.9 Å². The smallest absolute Gasteiger partial charge is 0.177 e. The second-order valence-electron chi connectivity index (χ2n) is 5.92. The molecule has 0 saturated heterocycles. The molecule has 2 heteroatoms. The number of rotatable bonds is 7. The van der Waals surface area contributed by atoms with Crippen LogP contribution in [0.25, 0.3) is 0 Å². The van der Waals surface area contributed by atoms with E-state index in [4.69, 9.17) is 0 Å². The van der Waals surface area contributed by atoms with Gasteiger partial charge in [0.1, 0.15) is 0 Å². The predicted molar refractivity (Wildman–Crippen MR) is 79.7 cm³/mol. The number of hydrogen-bond acceptors (Lipinski definition) is 2. The molecule has 0 bridgehead atoms. The van der Waals surface area contributed by atoms with Gasteiger partial charge in [0.25, 0.3) is 0 Å². The van der Waals surface area contributed by atoms with Crippen LogP contribution in [0.1, 0.15) is 47.7 Å². The Balaban J connectivity index is 2.02. The summed E-state index contributed by atoms with van der Waals surface area (Å²) in [5, 5.41) is 0. The first-order chi connectivity index (χ1) is 9.10. The second kappa shape index (κ2) is 6.33. The number of benzene rings is 1. The standard InChI is InChI=1S/C17H25NO/c1-4-9-18(11-15-7-8-15)12-17(19)16-10-13(2)5-6-14(16)3/h5-6,10,15H,4,7-9,11-12H2,1-3H3. The summed E-state index contributed by atoms with van der Waals surface area (Å²) in [5.41, 5.74) is 3.16.